The van der Waals surface area contributed by atoms with Crippen molar-refractivity contribution in [3.05, 3.63) is 95.6 Å². The lowest BCUT2D eigenvalue weighted by Gasteiger charge is -2.30. The Balaban J connectivity index is 2.02. The molecule has 0 unspecified atom stereocenters. The van der Waals surface area contributed by atoms with Gasteiger partial charge in [-0.2, -0.15) is 0 Å². The third-order valence-electron chi connectivity index (χ3n) is 5.18. The Morgan fingerprint density at radius 3 is 1.41 bits per heavy atom. The van der Waals surface area contributed by atoms with Crippen LogP contribution in [-0.2, 0) is 0 Å². The number of benzene rings is 3. The van der Waals surface area contributed by atoms with Crippen LogP contribution < -0.4 is 9.80 Å². The van der Waals surface area contributed by atoms with Crippen LogP contribution in [0.3, 0.4) is 0 Å². The van der Waals surface area contributed by atoms with Gasteiger partial charge in [-0.25, -0.2) is 0 Å². The highest BCUT2D eigenvalue weighted by Crippen LogP contribution is 2.31. The molecule has 3 aromatic carbocycles. The van der Waals surface area contributed by atoms with Gasteiger partial charge >= 0.3 is 0 Å². The van der Waals surface area contributed by atoms with Crippen molar-refractivity contribution in [2.45, 2.75) is 6.04 Å². The monoisotopic (exact) mass is 387 g/mol. The summed E-state index contributed by atoms with van der Waals surface area (Å²) in [5.41, 5.74) is 5.12. The van der Waals surface area contributed by atoms with E-state index in [1.807, 2.05) is 70.5 Å². The van der Waals surface area contributed by atoms with Gasteiger partial charge < -0.3 is 14.7 Å². The van der Waals surface area contributed by atoms with Crippen molar-refractivity contribution in [1.82, 2.24) is 4.90 Å². The number of nitrogens with zero attached hydrogens (tertiary/aromatic N) is 3. The predicted octanol–water partition coefficient (Wildman–Crippen LogP) is 4.68. The molecule has 0 aromatic heterocycles. The highest BCUT2D eigenvalue weighted by molar-refractivity contribution is 5.94. The molecule has 0 bridgehead atoms. The van der Waals surface area contributed by atoms with Gasteiger partial charge in [0, 0.05) is 52.2 Å². The summed E-state index contributed by atoms with van der Waals surface area (Å²) in [5.74, 6) is 0.00368. The zero-order valence-corrected chi connectivity index (χ0v) is 17.8. The molecule has 150 valence electrons. The van der Waals surface area contributed by atoms with Crippen LogP contribution in [0.25, 0.3) is 0 Å². The van der Waals surface area contributed by atoms with Gasteiger partial charge in [0.25, 0.3) is 5.91 Å². The van der Waals surface area contributed by atoms with Crippen LogP contribution in [0, 0.1) is 0 Å². The number of carbonyl (C=O) groups excluding carboxylic acids is 1. The molecular weight excluding hydrogens is 358 g/mol. The summed E-state index contributed by atoms with van der Waals surface area (Å²) in [6.07, 6.45) is 0. The molecule has 0 radical (unpaired) electrons. The second kappa shape index (κ2) is 8.82. The van der Waals surface area contributed by atoms with E-state index in [0.717, 1.165) is 22.5 Å². The third-order valence-corrected chi connectivity index (χ3v) is 5.18. The van der Waals surface area contributed by atoms with Crippen molar-refractivity contribution in [1.29, 1.82) is 0 Å². The predicted molar refractivity (Wildman–Crippen MR) is 122 cm³/mol. The SMILES string of the molecule is CN(C)c1ccc(C(c2ccc(N(C)C)cc2)N(C)C(=O)c2ccccc2)cc1. The van der Waals surface area contributed by atoms with Gasteiger partial charge in [-0.3, -0.25) is 4.79 Å². The molecule has 3 aromatic rings. The molecule has 0 aliphatic heterocycles. The van der Waals surface area contributed by atoms with E-state index in [-0.39, 0.29) is 11.9 Å². The first-order valence-corrected chi connectivity index (χ1v) is 9.75. The van der Waals surface area contributed by atoms with Crippen LogP contribution in [0.4, 0.5) is 11.4 Å². The molecule has 0 saturated carbocycles. The van der Waals surface area contributed by atoms with Crippen LogP contribution in [0.1, 0.15) is 27.5 Å². The second-order valence-corrected chi connectivity index (χ2v) is 7.66. The summed E-state index contributed by atoms with van der Waals surface area (Å²) < 4.78 is 0. The van der Waals surface area contributed by atoms with E-state index in [9.17, 15) is 4.79 Å². The fourth-order valence-corrected chi connectivity index (χ4v) is 3.45. The first-order chi connectivity index (χ1) is 13.9. The Labute approximate surface area is 174 Å². The Bertz CT molecular complexity index is 881. The average Bonchev–Trinajstić information content (AvgIpc) is 2.74. The maximum absolute atomic E-state index is 13.2. The fraction of sp³-hybridized carbons (Fsp3) is 0.240. The summed E-state index contributed by atoms with van der Waals surface area (Å²) >= 11 is 0. The van der Waals surface area contributed by atoms with Crippen molar-refractivity contribution in [2.75, 3.05) is 45.0 Å². The first kappa shape index (κ1) is 20.5. The minimum absolute atomic E-state index is 0.00368. The quantitative estimate of drug-likeness (QED) is 0.614. The maximum atomic E-state index is 13.2. The number of anilines is 2. The zero-order chi connectivity index (χ0) is 21.0. The molecule has 0 saturated heterocycles. The van der Waals surface area contributed by atoms with Crippen molar-refractivity contribution in [3.8, 4) is 0 Å². The number of carbonyl (C=O) groups is 1. The van der Waals surface area contributed by atoms with E-state index >= 15 is 0 Å². The fourth-order valence-electron chi connectivity index (χ4n) is 3.45. The summed E-state index contributed by atoms with van der Waals surface area (Å²) in [4.78, 5) is 19.2. The molecule has 3 rings (SSSR count). The highest BCUT2D eigenvalue weighted by atomic mass is 16.2. The lowest BCUT2D eigenvalue weighted by molar-refractivity contribution is 0.0755. The Morgan fingerprint density at radius 2 is 1.03 bits per heavy atom. The lowest BCUT2D eigenvalue weighted by Crippen LogP contribution is -2.32. The minimum Gasteiger partial charge on any atom is -0.378 e. The third kappa shape index (κ3) is 4.60. The molecule has 0 atom stereocenters. The summed E-state index contributed by atoms with van der Waals surface area (Å²) in [6.45, 7) is 0. The molecule has 0 spiro atoms. The average molecular weight is 388 g/mol. The van der Waals surface area contributed by atoms with Crippen molar-refractivity contribution in [3.63, 3.8) is 0 Å². The van der Waals surface area contributed by atoms with Gasteiger partial charge in [0.15, 0.2) is 0 Å². The Kier molecular flexibility index (Phi) is 6.23. The van der Waals surface area contributed by atoms with Gasteiger partial charge in [-0.1, -0.05) is 42.5 Å². The van der Waals surface area contributed by atoms with E-state index in [2.05, 4.69) is 58.3 Å². The Hall–Kier alpha value is -3.27. The standard InChI is InChI=1S/C25H29N3O/c1-26(2)22-15-11-19(12-16-22)24(20-13-17-23(18-14-20)27(3)4)28(5)25(29)21-9-7-6-8-10-21/h6-18,24H,1-5H3. The van der Waals surface area contributed by atoms with Crippen LogP contribution in [0.2, 0.25) is 0 Å². The molecule has 29 heavy (non-hydrogen) atoms. The van der Waals surface area contributed by atoms with Crippen molar-refractivity contribution in [2.24, 2.45) is 0 Å². The smallest absolute Gasteiger partial charge is 0.254 e. The second-order valence-electron chi connectivity index (χ2n) is 7.66. The highest BCUT2D eigenvalue weighted by Gasteiger charge is 2.24. The number of hydrogen-bond acceptors (Lipinski definition) is 3. The van der Waals surface area contributed by atoms with Crippen LogP contribution in [0.15, 0.2) is 78.9 Å². The van der Waals surface area contributed by atoms with Crippen molar-refractivity contribution >= 4 is 17.3 Å². The molecular formula is C25H29N3O. The number of rotatable bonds is 6. The summed E-state index contributed by atoms with van der Waals surface area (Å²) in [7, 11) is 9.98. The van der Waals surface area contributed by atoms with E-state index in [4.69, 9.17) is 0 Å². The van der Waals surface area contributed by atoms with Gasteiger partial charge in [0.1, 0.15) is 0 Å². The number of hydrogen-bond donors (Lipinski definition) is 0. The topological polar surface area (TPSA) is 26.8 Å². The van der Waals surface area contributed by atoms with Crippen LogP contribution in [0.5, 0.6) is 0 Å². The first-order valence-electron chi connectivity index (χ1n) is 9.75. The molecule has 4 nitrogen and oxygen atoms in total. The van der Waals surface area contributed by atoms with E-state index in [0.29, 0.717) is 5.56 Å². The molecule has 0 aliphatic carbocycles. The molecule has 0 heterocycles. The zero-order valence-electron chi connectivity index (χ0n) is 17.8. The summed E-state index contributed by atoms with van der Waals surface area (Å²) in [6, 6.07) is 26.1. The van der Waals surface area contributed by atoms with E-state index < -0.39 is 0 Å². The number of amides is 1. The van der Waals surface area contributed by atoms with Gasteiger partial charge in [-0.15, -0.1) is 0 Å². The largest absolute Gasteiger partial charge is 0.378 e. The van der Waals surface area contributed by atoms with Gasteiger partial charge in [0.05, 0.1) is 6.04 Å². The molecule has 0 fully saturated rings. The van der Waals surface area contributed by atoms with E-state index in [1.165, 1.54) is 0 Å². The minimum atomic E-state index is -0.171. The van der Waals surface area contributed by atoms with Crippen molar-refractivity contribution < 1.29 is 4.79 Å². The van der Waals surface area contributed by atoms with Gasteiger partial charge in [-0.05, 0) is 47.5 Å². The molecule has 4 heteroatoms. The van der Waals surface area contributed by atoms with Crippen LogP contribution >= 0.6 is 0 Å². The van der Waals surface area contributed by atoms with E-state index in [1.54, 1.807) is 0 Å². The van der Waals surface area contributed by atoms with Gasteiger partial charge in [0.2, 0.25) is 0 Å². The Morgan fingerprint density at radius 1 is 0.621 bits per heavy atom. The molecule has 0 aliphatic rings. The maximum Gasteiger partial charge on any atom is 0.254 e. The lowest BCUT2D eigenvalue weighted by atomic mass is 9.96. The normalized spacial score (nSPS) is 10.7. The van der Waals surface area contributed by atoms with Crippen LogP contribution in [-0.4, -0.2) is 46.0 Å². The molecule has 1 amide bonds. The molecule has 0 N–H and O–H groups in total. The summed E-state index contributed by atoms with van der Waals surface area (Å²) in [5, 5.41) is 0.